The minimum absolute atomic E-state index is 0.0757. The monoisotopic (exact) mass is 402 g/mol. The predicted octanol–water partition coefficient (Wildman–Crippen LogP) is 4.57. The van der Waals surface area contributed by atoms with Crippen LogP contribution < -0.4 is 10.9 Å². The van der Waals surface area contributed by atoms with Crippen LogP contribution in [-0.2, 0) is 6.18 Å². The van der Waals surface area contributed by atoms with Gasteiger partial charge in [0.25, 0.3) is 11.6 Å². The Morgan fingerprint density at radius 2 is 1.97 bits per heavy atom. The lowest BCUT2D eigenvalue weighted by Crippen LogP contribution is -2.29. The first kappa shape index (κ1) is 18.5. The number of furan rings is 1. The minimum atomic E-state index is -4.49. The van der Waals surface area contributed by atoms with E-state index in [0.29, 0.717) is 22.5 Å². The maximum Gasteiger partial charge on any atom is 0.416 e. The zero-order valence-corrected chi connectivity index (χ0v) is 14.9. The average molecular weight is 402 g/mol. The van der Waals surface area contributed by atoms with Crippen molar-refractivity contribution in [3.05, 3.63) is 65.5 Å². The van der Waals surface area contributed by atoms with E-state index < -0.39 is 17.6 Å². The molecule has 0 saturated carbocycles. The molecule has 3 heterocycles. The van der Waals surface area contributed by atoms with Crippen molar-refractivity contribution in [1.29, 1.82) is 0 Å². The third-order valence-corrected chi connectivity index (χ3v) is 4.15. The van der Waals surface area contributed by atoms with Crippen molar-refractivity contribution in [2.24, 2.45) is 0 Å². The molecule has 148 valence electrons. The number of nitrogens with one attached hydrogen (secondary N) is 2. The number of aryl methyl sites for hydroxylation is 1. The number of hydrazine groups is 1. The molecule has 2 N–H and O–H groups in total. The molecule has 29 heavy (non-hydrogen) atoms. The first-order chi connectivity index (χ1) is 13.8. The van der Waals surface area contributed by atoms with Crippen LogP contribution in [0, 0.1) is 6.92 Å². The van der Waals surface area contributed by atoms with Gasteiger partial charge in [-0.3, -0.25) is 15.6 Å². The van der Waals surface area contributed by atoms with E-state index in [9.17, 15) is 18.0 Å². The van der Waals surface area contributed by atoms with E-state index in [1.165, 1.54) is 24.5 Å². The smallest absolute Gasteiger partial charge is 0.416 e. The van der Waals surface area contributed by atoms with E-state index >= 15 is 0 Å². The topological polar surface area (TPSA) is 93.2 Å². The molecular formula is C19H13F3N4O3. The zero-order valence-electron chi connectivity index (χ0n) is 14.9. The fraction of sp³-hybridized carbons (Fsp3) is 0.105. The number of benzene rings is 1. The Morgan fingerprint density at radius 1 is 1.14 bits per heavy atom. The summed E-state index contributed by atoms with van der Waals surface area (Å²) in [7, 11) is 0. The number of carbonyl (C=O) groups excluding carboxylic acids is 1. The molecule has 0 unspecified atom stereocenters. The number of pyridine rings is 1. The molecule has 0 fully saturated rings. The van der Waals surface area contributed by atoms with Crippen LogP contribution in [0.25, 0.3) is 22.6 Å². The fourth-order valence-corrected chi connectivity index (χ4v) is 2.79. The number of fused-ring (bicyclic) bond motifs is 1. The molecule has 0 aliphatic carbocycles. The second-order valence-electron chi connectivity index (χ2n) is 6.14. The fourth-order valence-electron chi connectivity index (χ4n) is 2.79. The van der Waals surface area contributed by atoms with Gasteiger partial charge in [-0.15, -0.1) is 0 Å². The molecule has 7 nitrogen and oxygen atoms in total. The van der Waals surface area contributed by atoms with E-state index in [4.69, 9.17) is 8.94 Å². The third kappa shape index (κ3) is 3.64. The number of anilines is 1. The largest absolute Gasteiger partial charge is 0.463 e. The zero-order chi connectivity index (χ0) is 20.6. The summed E-state index contributed by atoms with van der Waals surface area (Å²) in [5.41, 5.74) is 5.24. The molecule has 4 rings (SSSR count). The molecule has 0 atom stereocenters. The van der Waals surface area contributed by atoms with Gasteiger partial charge in [0.2, 0.25) is 0 Å². The first-order valence-corrected chi connectivity index (χ1v) is 8.37. The summed E-state index contributed by atoms with van der Waals surface area (Å²) in [5.74, 6) is -0.185. The number of nitrogens with zero attached hydrogens (tertiary/aromatic N) is 2. The Kier molecular flexibility index (Phi) is 4.45. The molecule has 1 aromatic carbocycles. The molecule has 1 amide bonds. The number of hydrogen-bond acceptors (Lipinski definition) is 6. The molecule has 4 aromatic rings. The van der Waals surface area contributed by atoms with Crippen LogP contribution >= 0.6 is 0 Å². The molecule has 0 aliphatic rings. The Morgan fingerprint density at radius 3 is 2.69 bits per heavy atom. The number of aromatic nitrogens is 2. The molecule has 0 saturated heterocycles. The summed E-state index contributed by atoms with van der Waals surface area (Å²) in [5, 5.41) is 4.22. The van der Waals surface area contributed by atoms with Crippen LogP contribution in [0.2, 0.25) is 0 Å². The normalized spacial score (nSPS) is 11.6. The highest BCUT2D eigenvalue weighted by atomic mass is 19.4. The van der Waals surface area contributed by atoms with Crippen molar-refractivity contribution in [3.63, 3.8) is 0 Å². The first-order valence-electron chi connectivity index (χ1n) is 8.37. The van der Waals surface area contributed by atoms with E-state index in [-0.39, 0.29) is 17.0 Å². The van der Waals surface area contributed by atoms with Gasteiger partial charge in [-0.2, -0.15) is 13.2 Å². The highest BCUT2D eigenvalue weighted by Gasteiger charge is 2.30. The molecular weight excluding hydrogens is 389 g/mol. The third-order valence-electron chi connectivity index (χ3n) is 4.15. The van der Waals surface area contributed by atoms with Crippen molar-refractivity contribution < 1.29 is 26.9 Å². The van der Waals surface area contributed by atoms with Crippen LogP contribution in [0.1, 0.15) is 21.6 Å². The van der Waals surface area contributed by atoms with Crippen molar-refractivity contribution >= 4 is 22.7 Å². The molecule has 3 aromatic heterocycles. The highest BCUT2D eigenvalue weighted by Crippen LogP contribution is 2.31. The van der Waals surface area contributed by atoms with Gasteiger partial charge in [0.1, 0.15) is 5.69 Å². The number of alkyl halides is 3. The van der Waals surface area contributed by atoms with Crippen LogP contribution in [0.3, 0.4) is 0 Å². The van der Waals surface area contributed by atoms with Gasteiger partial charge in [-0.05, 0) is 43.3 Å². The average Bonchev–Trinajstić information content (AvgIpc) is 3.35. The van der Waals surface area contributed by atoms with Gasteiger partial charge in [0, 0.05) is 0 Å². The van der Waals surface area contributed by atoms with Crippen molar-refractivity contribution in [2.75, 3.05) is 5.43 Å². The molecule has 0 radical (unpaired) electrons. The molecule has 0 spiro atoms. The summed E-state index contributed by atoms with van der Waals surface area (Å²) in [6.07, 6.45) is -3.03. The predicted molar refractivity (Wildman–Crippen MR) is 96.8 cm³/mol. The SMILES string of the molecule is Cc1noc2nc(-c3ccco3)cc(C(=O)NNc3cccc(C(F)(F)F)c3)c12. The summed E-state index contributed by atoms with van der Waals surface area (Å²) in [6, 6.07) is 9.30. The Balaban J connectivity index is 1.64. The second-order valence-corrected chi connectivity index (χ2v) is 6.14. The van der Waals surface area contributed by atoms with Gasteiger partial charge >= 0.3 is 6.18 Å². The van der Waals surface area contributed by atoms with E-state index in [2.05, 4.69) is 21.0 Å². The highest BCUT2D eigenvalue weighted by molar-refractivity contribution is 6.07. The number of hydrogen-bond donors (Lipinski definition) is 2. The number of amides is 1. The summed E-state index contributed by atoms with van der Waals surface area (Å²) in [6.45, 7) is 1.65. The van der Waals surface area contributed by atoms with E-state index in [1.807, 2.05) is 0 Å². The maximum atomic E-state index is 12.8. The Hall–Kier alpha value is -3.82. The lowest BCUT2D eigenvalue weighted by atomic mass is 10.1. The summed E-state index contributed by atoms with van der Waals surface area (Å²) >= 11 is 0. The molecule has 0 bridgehead atoms. The van der Waals surface area contributed by atoms with Crippen molar-refractivity contribution in [2.45, 2.75) is 13.1 Å². The Labute approximate surface area is 161 Å². The molecule has 10 heteroatoms. The van der Waals surface area contributed by atoms with Crippen LogP contribution in [0.5, 0.6) is 0 Å². The van der Waals surface area contributed by atoms with Crippen molar-refractivity contribution in [1.82, 2.24) is 15.6 Å². The second kappa shape index (κ2) is 6.97. The van der Waals surface area contributed by atoms with Gasteiger partial charge < -0.3 is 8.94 Å². The Bertz CT molecular complexity index is 1180. The lowest BCUT2D eigenvalue weighted by Gasteiger charge is -2.12. The number of rotatable bonds is 4. The lowest BCUT2D eigenvalue weighted by molar-refractivity contribution is -0.137. The van der Waals surface area contributed by atoms with Crippen LogP contribution in [0.4, 0.5) is 18.9 Å². The van der Waals surface area contributed by atoms with Crippen molar-refractivity contribution in [3.8, 4) is 11.5 Å². The quantitative estimate of drug-likeness (QED) is 0.486. The standard InChI is InChI=1S/C19H13F3N4O3/c1-10-16-13(9-14(15-6-3-7-28-15)23-18(16)29-26-10)17(27)25-24-12-5-2-4-11(8-12)19(20,21)22/h2-9,24H,1H3,(H,25,27). The maximum absolute atomic E-state index is 12.8. The molecule has 0 aliphatic heterocycles. The van der Waals surface area contributed by atoms with E-state index in [1.54, 1.807) is 19.1 Å². The minimum Gasteiger partial charge on any atom is -0.463 e. The van der Waals surface area contributed by atoms with Crippen LogP contribution in [-0.4, -0.2) is 16.0 Å². The van der Waals surface area contributed by atoms with E-state index in [0.717, 1.165) is 12.1 Å². The summed E-state index contributed by atoms with van der Waals surface area (Å²) < 4.78 is 49.0. The van der Waals surface area contributed by atoms with Crippen LogP contribution in [0.15, 0.2) is 57.7 Å². The van der Waals surface area contributed by atoms with Gasteiger partial charge in [-0.25, -0.2) is 4.98 Å². The van der Waals surface area contributed by atoms with Gasteiger partial charge in [-0.1, -0.05) is 11.2 Å². The van der Waals surface area contributed by atoms with Gasteiger partial charge in [0.15, 0.2) is 5.76 Å². The van der Waals surface area contributed by atoms with Gasteiger partial charge in [0.05, 0.1) is 34.2 Å². The number of carbonyl (C=O) groups is 1. The summed E-state index contributed by atoms with van der Waals surface area (Å²) in [4.78, 5) is 17.1. The number of halogens is 3.